The van der Waals surface area contributed by atoms with Gasteiger partial charge in [-0.3, -0.25) is 4.79 Å². The van der Waals surface area contributed by atoms with Crippen LogP contribution in [0.25, 0.3) is 0 Å². The fourth-order valence-electron chi connectivity index (χ4n) is 2.15. The molecule has 3 N–H and O–H groups in total. The van der Waals surface area contributed by atoms with Gasteiger partial charge in [-0.25, -0.2) is 0 Å². The van der Waals surface area contributed by atoms with E-state index in [0.717, 1.165) is 6.42 Å². The molecule has 2 rings (SSSR count). The monoisotopic (exact) mass is 268 g/mol. The van der Waals surface area contributed by atoms with Crippen molar-refractivity contribution in [3.05, 3.63) is 28.8 Å². The standard InChI is InChI=1S/C13H17ClN2O2/c1-8-2-3-16(7-12(8)17)13(18)9-4-10(14)6-11(15)5-9/h4-6,8,12,17H,2-3,7,15H2,1H3. The van der Waals surface area contributed by atoms with Crippen molar-refractivity contribution in [1.29, 1.82) is 0 Å². The highest BCUT2D eigenvalue weighted by molar-refractivity contribution is 6.31. The number of anilines is 1. The molecule has 1 aromatic carbocycles. The number of benzene rings is 1. The molecule has 0 bridgehead atoms. The van der Waals surface area contributed by atoms with Gasteiger partial charge in [0, 0.05) is 29.4 Å². The second kappa shape index (κ2) is 5.16. The lowest BCUT2D eigenvalue weighted by Gasteiger charge is -2.34. The lowest BCUT2D eigenvalue weighted by molar-refractivity contribution is 0.0249. The number of rotatable bonds is 1. The minimum absolute atomic E-state index is 0.129. The number of hydrogen-bond acceptors (Lipinski definition) is 3. The van der Waals surface area contributed by atoms with Crippen LogP contribution in [0.15, 0.2) is 18.2 Å². The lowest BCUT2D eigenvalue weighted by atomic mass is 9.95. The predicted octanol–water partition coefficient (Wildman–Crippen LogP) is 1.77. The zero-order valence-corrected chi connectivity index (χ0v) is 11.0. The SMILES string of the molecule is CC1CCN(C(=O)c2cc(N)cc(Cl)c2)CC1O. The fraction of sp³-hybridized carbons (Fsp3) is 0.462. The number of aliphatic hydroxyl groups is 1. The van der Waals surface area contributed by atoms with Crippen LogP contribution in [-0.4, -0.2) is 35.1 Å². The maximum atomic E-state index is 12.3. The number of nitrogens with zero attached hydrogens (tertiary/aromatic N) is 1. The topological polar surface area (TPSA) is 66.6 Å². The van der Waals surface area contributed by atoms with Crippen LogP contribution in [0.4, 0.5) is 5.69 Å². The van der Waals surface area contributed by atoms with E-state index in [9.17, 15) is 9.90 Å². The van der Waals surface area contributed by atoms with E-state index in [2.05, 4.69) is 0 Å². The van der Waals surface area contributed by atoms with Gasteiger partial charge in [-0.15, -0.1) is 0 Å². The number of nitrogen functional groups attached to an aromatic ring is 1. The Balaban J connectivity index is 2.16. The van der Waals surface area contributed by atoms with Gasteiger partial charge in [-0.1, -0.05) is 18.5 Å². The molecule has 0 aromatic heterocycles. The summed E-state index contributed by atoms with van der Waals surface area (Å²) in [6, 6.07) is 4.81. The Morgan fingerprint density at radius 2 is 2.22 bits per heavy atom. The molecular weight excluding hydrogens is 252 g/mol. The van der Waals surface area contributed by atoms with E-state index >= 15 is 0 Å². The molecule has 1 fully saturated rings. The summed E-state index contributed by atoms with van der Waals surface area (Å²) in [4.78, 5) is 13.9. The normalized spacial score (nSPS) is 24.1. The largest absolute Gasteiger partial charge is 0.399 e. The quantitative estimate of drug-likeness (QED) is 0.763. The summed E-state index contributed by atoms with van der Waals surface area (Å²) < 4.78 is 0. The predicted molar refractivity (Wildman–Crippen MR) is 71.6 cm³/mol. The van der Waals surface area contributed by atoms with Crippen LogP contribution in [-0.2, 0) is 0 Å². The molecule has 4 nitrogen and oxygen atoms in total. The number of amides is 1. The van der Waals surface area contributed by atoms with E-state index in [1.54, 1.807) is 23.1 Å². The lowest BCUT2D eigenvalue weighted by Crippen LogP contribution is -2.45. The number of β-amino-alcohol motifs (C(OH)–C–C–N with tert-alkyl or cyclic N) is 1. The maximum Gasteiger partial charge on any atom is 0.254 e. The highest BCUT2D eigenvalue weighted by atomic mass is 35.5. The average Bonchev–Trinajstić information content (AvgIpc) is 2.30. The van der Waals surface area contributed by atoms with Crippen molar-refractivity contribution in [3.63, 3.8) is 0 Å². The summed E-state index contributed by atoms with van der Waals surface area (Å²) in [6.07, 6.45) is 0.349. The van der Waals surface area contributed by atoms with Gasteiger partial charge >= 0.3 is 0 Å². The Bertz CT molecular complexity index is 444. The van der Waals surface area contributed by atoms with Crippen molar-refractivity contribution in [2.45, 2.75) is 19.4 Å². The highest BCUT2D eigenvalue weighted by Gasteiger charge is 2.27. The van der Waals surface area contributed by atoms with Crippen molar-refractivity contribution in [1.82, 2.24) is 4.90 Å². The summed E-state index contributed by atoms with van der Waals surface area (Å²) in [5, 5.41) is 10.3. The molecule has 1 aromatic rings. The van der Waals surface area contributed by atoms with Gasteiger partial charge < -0.3 is 15.7 Å². The van der Waals surface area contributed by atoms with Crippen molar-refractivity contribution in [2.24, 2.45) is 5.92 Å². The smallest absolute Gasteiger partial charge is 0.254 e. The Hall–Kier alpha value is -1.26. The molecule has 1 aliphatic heterocycles. The molecule has 1 amide bonds. The van der Waals surface area contributed by atoms with Gasteiger partial charge in [0.1, 0.15) is 0 Å². The zero-order chi connectivity index (χ0) is 13.3. The Labute approximate surface area is 111 Å². The summed E-state index contributed by atoms with van der Waals surface area (Å²) in [7, 11) is 0. The van der Waals surface area contributed by atoms with E-state index in [4.69, 9.17) is 17.3 Å². The number of aliphatic hydroxyl groups excluding tert-OH is 1. The van der Waals surface area contributed by atoms with Crippen molar-refractivity contribution >= 4 is 23.2 Å². The van der Waals surface area contributed by atoms with E-state index in [0.29, 0.717) is 29.4 Å². The van der Waals surface area contributed by atoms with Gasteiger partial charge in [0.05, 0.1) is 6.10 Å². The molecule has 0 saturated carbocycles. The maximum absolute atomic E-state index is 12.3. The summed E-state index contributed by atoms with van der Waals surface area (Å²) >= 11 is 5.88. The third kappa shape index (κ3) is 2.76. The molecule has 1 heterocycles. The number of carbonyl (C=O) groups is 1. The number of likely N-dealkylation sites (tertiary alicyclic amines) is 1. The molecule has 5 heteroatoms. The van der Waals surface area contributed by atoms with Crippen molar-refractivity contribution < 1.29 is 9.90 Å². The van der Waals surface area contributed by atoms with Crippen LogP contribution in [0.2, 0.25) is 5.02 Å². The number of nitrogens with two attached hydrogens (primary N) is 1. The Morgan fingerprint density at radius 3 is 2.83 bits per heavy atom. The third-order valence-electron chi connectivity index (χ3n) is 3.37. The molecule has 0 spiro atoms. The summed E-state index contributed by atoms with van der Waals surface area (Å²) in [5.41, 5.74) is 6.61. The van der Waals surface area contributed by atoms with E-state index in [-0.39, 0.29) is 11.8 Å². The minimum atomic E-state index is -0.459. The van der Waals surface area contributed by atoms with Gasteiger partial charge in [-0.2, -0.15) is 0 Å². The minimum Gasteiger partial charge on any atom is -0.399 e. The molecule has 0 radical (unpaired) electrons. The van der Waals surface area contributed by atoms with Gasteiger partial charge in [-0.05, 0) is 30.5 Å². The Kier molecular flexibility index (Phi) is 3.78. The molecule has 18 heavy (non-hydrogen) atoms. The fourth-order valence-corrected chi connectivity index (χ4v) is 2.40. The summed E-state index contributed by atoms with van der Waals surface area (Å²) in [6.45, 7) is 3.01. The molecule has 1 aliphatic rings. The number of piperidine rings is 1. The number of hydrogen-bond donors (Lipinski definition) is 2. The van der Waals surface area contributed by atoms with Crippen LogP contribution in [0.5, 0.6) is 0 Å². The van der Waals surface area contributed by atoms with E-state index < -0.39 is 6.10 Å². The second-order valence-corrected chi connectivity index (χ2v) is 5.29. The van der Waals surface area contributed by atoms with Gasteiger partial charge in [0.2, 0.25) is 0 Å². The van der Waals surface area contributed by atoms with Crippen LogP contribution in [0.1, 0.15) is 23.7 Å². The first-order valence-electron chi connectivity index (χ1n) is 6.01. The van der Waals surface area contributed by atoms with Crippen LogP contribution >= 0.6 is 11.6 Å². The van der Waals surface area contributed by atoms with Crippen LogP contribution < -0.4 is 5.73 Å². The summed E-state index contributed by atoms with van der Waals surface area (Å²) in [5.74, 6) is 0.105. The molecule has 1 saturated heterocycles. The molecule has 0 aliphatic carbocycles. The zero-order valence-electron chi connectivity index (χ0n) is 10.3. The van der Waals surface area contributed by atoms with E-state index in [1.165, 1.54) is 0 Å². The van der Waals surface area contributed by atoms with Crippen molar-refractivity contribution in [3.8, 4) is 0 Å². The van der Waals surface area contributed by atoms with Gasteiger partial charge in [0.15, 0.2) is 0 Å². The first-order chi connectivity index (χ1) is 8.47. The number of carbonyl (C=O) groups excluding carboxylic acids is 1. The first-order valence-corrected chi connectivity index (χ1v) is 6.38. The van der Waals surface area contributed by atoms with Crippen molar-refractivity contribution in [2.75, 3.05) is 18.8 Å². The third-order valence-corrected chi connectivity index (χ3v) is 3.59. The molecule has 98 valence electrons. The van der Waals surface area contributed by atoms with Gasteiger partial charge in [0.25, 0.3) is 5.91 Å². The molecule has 2 atom stereocenters. The van der Waals surface area contributed by atoms with E-state index in [1.807, 2.05) is 6.92 Å². The average molecular weight is 269 g/mol. The Morgan fingerprint density at radius 1 is 1.50 bits per heavy atom. The molecule has 2 unspecified atom stereocenters. The molecular formula is C13H17ClN2O2. The number of halogens is 1. The van der Waals surface area contributed by atoms with Crippen LogP contribution in [0, 0.1) is 5.92 Å². The van der Waals surface area contributed by atoms with Crippen LogP contribution in [0.3, 0.4) is 0 Å². The highest BCUT2D eigenvalue weighted by Crippen LogP contribution is 2.22. The first kappa shape index (κ1) is 13.2. The second-order valence-electron chi connectivity index (χ2n) is 4.86.